The minimum Gasteiger partial charge on any atom is -0.288 e. The van der Waals surface area contributed by atoms with Gasteiger partial charge in [0.1, 0.15) is 0 Å². The first kappa shape index (κ1) is 16.7. The van der Waals surface area contributed by atoms with Gasteiger partial charge in [0.25, 0.3) is 0 Å². The Morgan fingerprint density at radius 1 is 1.00 bits per heavy atom. The third-order valence-corrected chi connectivity index (χ3v) is 5.08. The van der Waals surface area contributed by atoms with Crippen molar-refractivity contribution in [2.45, 2.75) is 4.90 Å². The summed E-state index contributed by atoms with van der Waals surface area (Å²) >= 11 is 11.7. The highest BCUT2D eigenvalue weighted by Crippen LogP contribution is 2.17. The molecule has 0 heterocycles. The minimum absolute atomic E-state index is 0.137. The SMILES string of the molecule is O=C(/C(Cl)=C/CS(=O)(=O)c1ccccc1)c1ccc(Cl)cc1. The van der Waals surface area contributed by atoms with Gasteiger partial charge in [-0.05, 0) is 42.5 Å². The number of halogens is 2. The maximum Gasteiger partial charge on any atom is 0.204 e. The predicted octanol–water partition coefficient (Wildman–Crippen LogP) is 4.12. The maximum absolute atomic E-state index is 12.1. The molecule has 2 rings (SSSR count). The number of carbonyl (C=O) groups is 1. The first-order chi connectivity index (χ1) is 10.4. The van der Waals surface area contributed by atoms with E-state index in [0.29, 0.717) is 10.6 Å². The smallest absolute Gasteiger partial charge is 0.204 e. The van der Waals surface area contributed by atoms with Crippen molar-refractivity contribution in [1.82, 2.24) is 0 Å². The van der Waals surface area contributed by atoms with Crippen LogP contribution >= 0.6 is 23.2 Å². The van der Waals surface area contributed by atoms with Crippen LogP contribution < -0.4 is 0 Å². The van der Waals surface area contributed by atoms with E-state index in [0.717, 1.165) is 0 Å². The number of rotatable bonds is 5. The van der Waals surface area contributed by atoms with Gasteiger partial charge in [-0.1, -0.05) is 41.4 Å². The minimum atomic E-state index is -3.51. The Morgan fingerprint density at radius 3 is 2.18 bits per heavy atom. The van der Waals surface area contributed by atoms with Crippen molar-refractivity contribution < 1.29 is 13.2 Å². The normalized spacial score (nSPS) is 12.2. The number of ketones is 1. The van der Waals surface area contributed by atoms with Crippen LogP contribution in [0.25, 0.3) is 0 Å². The van der Waals surface area contributed by atoms with Crippen LogP contribution in [-0.4, -0.2) is 20.0 Å². The average molecular weight is 355 g/mol. The summed E-state index contributed by atoms with van der Waals surface area (Å²) in [5.41, 5.74) is 0.350. The molecule has 0 amide bonds. The standard InChI is InChI=1S/C16H12Cl2O3S/c17-13-8-6-12(7-9-13)16(19)15(18)10-11-22(20,21)14-4-2-1-3-5-14/h1-10H,11H2/b15-10-. The Kier molecular flexibility index (Phi) is 5.40. The molecule has 0 atom stereocenters. The lowest BCUT2D eigenvalue weighted by Gasteiger charge is -2.02. The second-order valence-electron chi connectivity index (χ2n) is 4.48. The van der Waals surface area contributed by atoms with Crippen molar-refractivity contribution in [3.63, 3.8) is 0 Å². The van der Waals surface area contributed by atoms with Crippen molar-refractivity contribution in [3.05, 3.63) is 76.3 Å². The van der Waals surface area contributed by atoms with Gasteiger partial charge < -0.3 is 0 Å². The molecular formula is C16H12Cl2O3S. The summed E-state index contributed by atoms with van der Waals surface area (Å²) in [4.78, 5) is 12.3. The Bertz CT molecular complexity index is 795. The number of sulfone groups is 1. The van der Waals surface area contributed by atoms with Crippen molar-refractivity contribution in [2.24, 2.45) is 0 Å². The Morgan fingerprint density at radius 2 is 1.59 bits per heavy atom. The fourth-order valence-corrected chi connectivity index (χ4v) is 3.29. The van der Waals surface area contributed by atoms with Crippen molar-refractivity contribution in [1.29, 1.82) is 0 Å². The second kappa shape index (κ2) is 7.09. The van der Waals surface area contributed by atoms with E-state index in [2.05, 4.69) is 0 Å². The third-order valence-electron chi connectivity index (χ3n) is 2.91. The molecule has 0 saturated heterocycles. The van der Waals surface area contributed by atoms with E-state index in [-0.39, 0.29) is 15.7 Å². The maximum atomic E-state index is 12.1. The van der Waals surface area contributed by atoms with Crippen molar-refractivity contribution in [3.8, 4) is 0 Å². The monoisotopic (exact) mass is 354 g/mol. The van der Waals surface area contributed by atoms with Crippen LogP contribution in [0.2, 0.25) is 5.02 Å². The number of hydrogen-bond donors (Lipinski definition) is 0. The van der Waals surface area contributed by atoms with E-state index in [1.165, 1.54) is 30.3 Å². The van der Waals surface area contributed by atoms with Crippen molar-refractivity contribution >= 4 is 38.8 Å². The summed E-state index contributed by atoms with van der Waals surface area (Å²) in [6.07, 6.45) is 1.21. The zero-order valence-electron chi connectivity index (χ0n) is 11.4. The molecule has 0 aromatic heterocycles. The fraction of sp³-hybridized carbons (Fsp3) is 0.0625. The largest absolute Gasteiger partial charge is 0.288 e. The molecule has 0 bridgehead atoms. The van der Waals surface area contributed by atoms with Crippen molar-refractivity contribution in [2.75, 3.05) is 5.75 Å². The van der Waals surface area contributed by atoms with E-state index >= 15 is 0 Å². The first-order valence-corrected chi connectivity index (χ1v) is 8.75. The van der Waals surface area contributed by atoms with Gasteiger partial charge in [0, 0.05) is 10.6 Å². The summed E-state index contributed by atoms with van der Waals surface area (Å²) in [6.45, 7) is 0. The van der Waals surface area contributed by atoms with Gasteiger partial charge in [0.15, 0.2) is 9.84 Å². The Balaban J connectivity index is 2.16. The van der Waals surface area contributed by atoms with E-state index in [1.807, 2.05) is 0 Å². The second-order valence-corrected chi connectivity index (χ2v) is 7.36. The number of allylic oxidation sites excluding steroid dienone is 1. The molecule has 0 aliphatic heterocycles. The van der Waals surface area contributed by atoms with E-state index < -0.39 is 15.6 Å². The highest BCUT2D eigenvalue weighted by atomic mass is 35.5. The molecule has 3 nitrogen and oxygen atoms in total. The van der Waals surface area contributed by atoms with Crippen LogP contribution in [0.4, 0.5) is 0 Å². The summed E-state index contributed by atoms with van der Waals surface area (Å²) in [5, 5.41) is 0.366. The summed E-state index contributed by atoms with van der Waals surface area (Å²) in [6, 6.07) is 14.2. The molecule has 0 saturated carbocycles. The number of carbonyl (C=O) groups excluding carboxylic acids is 1. The van der Waals surface area contributed by atoms with E-state index in [4.69, 9.17) is 23.2 Å². The van der Waals surface area contributed by atoms with Crippen LogP contribution in [0.3, 0.4) is 0 Å². The lowest BCUT2D eigenvalue weighted by atomic mass is 10.1. The van der Waals surface area contributed by atoms with Crippen LogP contribution in [0.5, 0.6) is 0 Å². The van der Waals surface area contributed by atoms with Gasteiger partial charge in [0.05, 0.1) is 15.7 Å². The highest BCUT2D eigenvalue weighted by Gasteiger charge is 2.15. The van der Waals surface area contributed by atoms with Gasteiger partial charge in [-0.25, -0.2) is 8.42 Å². The van der Waals surface area contributed by atoms with Gasteiger partial charge >= 0.3 is 0 Å². The van der Waals surface area contributed by atoms with Crippen LogP contribution in [0, 0.1) is 0 Å². The molecular weight excluding hydrogens is 343 g/mol. The van der Waals surface area contributed by atoms with Gasteiger partial charge in [-0.15, -0.1) is 0 Å². The molecule has 2 aromatic carbocycles. The van der Waals surface area contributed by atoms with Gasteiger partial charge in [-0.2, -0.15) is 0 Å². The molecule has 0 N–H and O–H groups in total. The molecule has 6 heteroatoms. The third kappa shape index (κ3) is 4.19. The van der Waals surface area contributed by atoms with Gasteiger partial charge in [-0.3, -0.25) is 4.79 Å². The molecule has 0 aliphatic carbocycles. The zero-order chi connectivity index (χ0) is 16.2. The summed E-state index contributed by atoms with van der Waals surface area (Å²) in [7, 11) is -3.51. The van der Waals surface area contributed by atoms with Crippen LogP contribution in [-0.2, 0) is 9.84 Å². The quantitative estimate of drug-likeness (QED) is 0.599. The molecule has 0 aliphatic rings. The lowest BCUT2D eigenvalue weighted by molar-refractivity contribution is 0.104. The summed E-state index contributed by atoms with van der Waals surface area (Å²) in [5.74, 6) is -0.781. The number of hydrogen-bond acceptors (Lipinski definition) is 3. The Labute approximate surface area is 139 Å². The molecule has 0 radical (unpaired) electrons. The molecule has 0 spiro atoms. The predicted molar refractivity (Wildman–Crippen MR) is 88.2 cm³/mol. The molecule has 114 valence electrons. The number of Topliss-reactive ketones (excluding diaryl/α,β-unsaturated/α-hetero) is 1. The molecule has 2 aromatic rings. The zero-order valence-corrected chi connectivity index (χ0v) is 13.7. The van der Waals surface area contributed by atoms with E-state index in [9.17, 15) is 13.2 Å². The topological polar surface area (TPSA) is 51.2 Å². The highest BCUT2D eigenvalue weighted by molar-refractivity contribution is 7.91. The Hall–Kier alpha value is -1.62. The van der Waals surface area contributed by atoms with E-state index in [1.54, 1.807) is 30.3 Å². The van der Waals surface area contributed by atoms with Crippen LogP contribution in [0.15, 0.2) is 70.6 Å². The van der Waals surface area contributed by atoms with Crippen LogP contribution in [0.1, 0.15) is 10.4 Å². The van der Waals surface area contributed by atoms with Gasteiger partial charge in [0.2, 0.25) is 5.78 Å². The molecule has 22 heavy (non-hydrogen) atoms. The lowest BCUT2D eigenvalue weighted by Crippen LogP contribution is -2.07. The summed E-state index contributed by atoms with van der Waals surface area (Å²) < 4.78 is 24.2. The molecule has 0 fully saturated rings. The average Bonchev–Trinajstić information content (AvgIpc) is 2.53. The molecule has 0 unspecified atom stereocenters. The fourth-order valence-electron chi connectivity index (χ4n) is 1.74. The first-order valence-electron chi connectivity index (χ1n) is 6.34. The number of benzene rings is 2.